The second-order valence-electron chi connectivity index (χ2n) is 2.86. The van der Waals surface area contributed by atoms with Crippen molar-refractivity contribution in [3.63, 3.8) is 0 Å². The van der Waals surface area contributed by atoms with Crippen LogP contribution in [0, 0.1) is 6.07 Å². The molecule has 0 bridgehead atoms. The molecule has 13 heavy (non-hydrogen) atoms. The Labute approximate surface area is 75.2 Å². The molecule has 0 aliphatic carbocycles. The van der Waals surface area contributed by atoms with Crippen molar-refractivity contribution >= 4 is 16.9 Å². The fourth-order valence-corrected chi connectivity index (χ4v) is 1.42. The Bertz CT molecular complexity index is 471. The van der Waals surface area contributed by atoms with Gasteiger partial charge in [-0.25, -0.2) is 4.79 Å². The second-order valence-corrected chi connectivity index (χ2v) is 2.86. The molecular weight excluding hydrogens is 166 g/mol. The standard InChI is InChI=1S/C10H8NO2/c1-11-8-5-3-2-4-7(8)6-9(11)10(12)13/h2-3,5-6H,1H3,(H,12,13). The third-order valence-corrected chi connectivity index (χ3v) is 2.09. The van der Waals surface area contributed by atoms with Crippen molar-refractivity contribution in [1.29, 1.82) is 0 Å². The molecule has 3 nitrogen and oxygen atoms in total. The van der Waals surface area contributed by atoms with Crippen LogP contribution in [0.3, 0.4) is 0 Å². The summed E-state index contributed by atoms with van der Waals surface area (Å²) in [5.41, 5.74) is 1.18. The number of nitrogens with zero attached hydrogens (tertiary/aromatic N) is 1. The van der Waals surface area contributed by atoms with E-state index < -0.39 is 5.97 Å². The minimum Gasteiger partial charge on any atom is -0.477 e. The molecule has 65 valence electrons. The van der Waals surface area contributed by atoms with E-state index in [4.69, 9.17) is 5.11 Å². The molecule has 1 aromatic carbocycles. The molecule has 1 aromatic heterocycles. The van der Waals surface area contributed by atoms with Gasteiger partial charge in [-0.3, -0.25) is 0 Å². The van der Waals surface area contributed by atoms with E-state index in [1.54, 1.807) is 23.7 Å². The van der Waals surface area contributed by atoms with E-state index >= 15 is 0 Å². The predicted molar refractivity (Wildman–Crippen MR) is 48.7 cm³/mol. The highest BCUT2D eigenvalue weighted by molar-refractivity contribution is 5.94. The van der Waals surface area contributed by atoms with Gasteiger partial charge in [0.1, 0.15) is 5.69 Å². The van der Waals surface area contributed by atoms with Gasteiger partial charge in [-0.1, -0.05) is 12.1 Å². The first-order chi connectivity index (χ1) is 6.20. The molecule has 1 radical (unpaired) electrons. The lowest BCUT2D eigenvalue weighted by Crippen LogP contribution is -2.03. The van der Waals surface area contributed by atoms with Crippen LogP contribution in [-0.2, 0) is 7.05 Å². The summed E-state index contributed by atoms with van der Waals surface area (Å²) in [5.74, 6) is -0.910. The lowest BCUT2D eigenvalue weighted by Gasteiger charge is -1.97. The van der Waals surface area contributed by atoms with Gasteiger partial charge in [0.15, 0.2) is 0 Å². The Kier molecular flexibility index (Phi) is 1.59. The van der Waals surface area contributed by atoms with E-state index in [1.165, 1.54) is 0 Å². The van der Waals surface area contributed by atoms with Crippen LogP contribution in [0.2, 0.25) is 0 Å². The fourth-order valence-electron chi connectivity index (χ4n) is 1.42. The Morgan fingerprint density at radius 3 is 3.00 bits per heavy atom. The number of carbonyl (C=O) groups is 1. The minimum atomic E-state index is -0.910. The summed E-state index contributed by atoms with van der Waals surface area (Å²) < 4.78 is 1.65. The highest BCUT2D eigenvalue weighted by atomic mass is 16.4. The van der Waals surface area contributed by atoms with Crippen LogP contribution in [-0.4, -0.2) is 15.6 Å². The van der Waals surface area contributed by atoms with Crippen molar-refractivity contribution in [2.45, 2.75) is 0 Å². The second kappa shape index (κ2) is 2.62. The molecule has 0 aliphatic rings. The molecule has 2 rings (SSSR count). The van der Waals surface area contributed by atoms with E-state index in [-0.39, 0.29) is 5.69 Å². The molecule has 0 atom stereocenters. The maximum atomic E-state index is 10.8. The first kappa shape index (κ1) is 7.86. The number of hydrogen-bond donors (Lipinski definition) is 1. The van der Waals surface area contributed by atoms with Crippen LogP contribution in [0.15, 0.2) is 24.3 Å². The van der Waals surface area contributed by atoms with E-state index in [1.807, 2.05) is 12.1 Å². The van der Waals surface area contributed by atoms with Crippen molar-refractivity contribution in [2.75, 3.05) is 0 Å². The lowest BCUT2D eigenvalue weighted by atomic mass is 10.2. The third-order valence-electron chi connectivity index (χ3n) is 2.09. The summed E-state index contributed by atoms with van der Waals surface area (Å²) in [7, 11) is 1.74. The van der Waals surface area contributed by atoms with Crippen molar-refractivity contribution in [1.82, 2.24) is 4.57 Å². The van der Waals surface area contributed by atoms with Crippen LogP contribution < -0.4 is 0 Å². The van der Waals surface area contributed by atoms with Crippen LogP contribution in [0.5, 0.6) is 0 Å². The summed E-state index contributed by atoms with van der Waals surface area (Å²) in [5, 5.41) is 9.67. The Morgan fingerprint density at radius 2 is 2.38 bits per heavy atom. The normalized spacial score (nSPS) is 10.5. The number of carboxylic acids is 1. The Hall–Kier alpha value is -1.77. The van der Waals surface area contributed by atoms with Gasteiger partial charge in [0.25, 0.3) is 0 Å². The third kappa shape index (κ3) is 1.09. The number of aromatic carboxylic acids is 1. The van der Waals surface area contributed by atoms with Crippen LogP contribution in [0.1, 0.15) is 10.5 Å². The molecular formula is C10H8NO2. The molecule has 0 saturated carbocycles. The van der Waals surface area contributed by atoms with E-state index in [2.05, 4.69) is 6.07 Å². The van der Waals surface area contributed by atoms with Gasteiger partial charge in [0.05, 0.1) is 0 Å². The molecule has 0 aliphatic heterocycles. The topological polar surface area (TPSA) is 42.2 Å². The number of aryl methyl sites for hydroxylation is 1. The quantitative estimate of drug-likeness (QED) is 0.714. The van der Waals surface area contributed by atoms with Gasteiger partial charge in [0, 0.05) is 18.0 Å². The number of benzene rings is 1. The summed E-state index contributed by atoms with van der Waals surface area (Å²) in [4.78, 5) is 10.8. The molecule has 0 spiro atoms. The largest absolute Gasteiger partial charge is 0.477 e. The fraction of sp³-hybridized carbons (Fsp3) is 0.100. The van der Waals surface area contributed by atoms with Crippen molar-refractivity contribution < 1.29 is 9.90 Å². The van der Waals surface area contributed by atoms with E-state index in [9.17, 15) is 4.79 Å². The molecule has 2 aromatic rings. The molecule has 1 heterocycles. The Morgan fingerprint density at radius 1 is 1.62 bits per heavy atom. The predicted octanol–water partition coefficient (Wildman–Crippen LogP) is 1.68. The number of hydrogen-bond acceptors (Lipinski definition) is 1. The van der Waals surface area contributed by atoms with Gasteiger partial charge >= 0.3 is 5.97 Å². The number of carboxylic acid groups (broad SMARTS) is 1. The van der Waals surface area contributed by atoms with Crippen LogP contribution in [0.25, 0.3) is 10.9 Å². The minimum absolute atomic E-state index is 0.289. The molecule has 0 saturated heterocycles. The first-order valence-electron chi connectivity index (χ1n) is 3.89. The zero-order chi connectivity index (χ0) is 9.42. The summed E-state index contributed by atoms with van der Waals surface area (Å²) in [6.07, 6.45) is 0. The molecule has 1 N–H and O–H groups in total. The lowest BCUT2D eigenvalue weighted by molar-refractivity contribution is 0.0687. The highest BCUT2D eigenvalue weighted by Gasteiger charge is 2.10. The average molecular weight is 174 g/mol. The number of rotatable bonds is 1. The van der Waals surface area contributed by atoms with Crippen LogP contribution in [0.4, 0.5) is 0 Å². The van der Waals surface area contributed by atoms with Gasteiger partial charge < -0.3 is 9.67 Å². The summed E-state index contributed by atoms with van der Waals surface area (Å²) in [6.45, 7) is 0. The van der Waals surface area contributed by atoms with Gasteiger partial charge in [-0.15, -0.1) is 0 Å². The van der Waals surface area contributed by atoms with Gasteiger partial charge in [-0.05, 0) is 18.2 Å². The highest BCUT2D eigenvalue weighted by Crippen LogP contribution is 2.17. The first-order valence-corrected chi connectivity index (χ1v) is 3.89. The smallest absolute Gasteiger partial charge is 0.352 e. The maximum absolute atomic E-state index is 10.8. The zero-order valence-electron chi connectivity index (χ0n) is 7.11. The molecule has 3 heteroatoms. The molecule has 0 fully saturated rings. The SMILES string of the molecule is Cn1c(C(=O)O)cc2[c]cccc21. The van der Waals surface area contributed by atoms with E-state index in [0.29, 0.717) is 0 Å². The van der Waals surface area contributed by atoms with Crippen LogP contribution >= 0.6 is 0 Å². The van der Waals surface area contributed by atoms with Crippen molar-refractivity contribution in [2.24, 2.45) is 7.05 Å². The van der Waals surface area contributed by atoms with Crippen molar-refractivity contribution in [3.8, 4) is 0 Å². The zero-order valence-corrected chi connectivity index (χ0v) is 7.11. The average Bonchev–Trinajstić information content (AvgIpc) is 2.45. The van der Waals surface area contributed by atoms with E-state index in [0.717, 1.165) is 10.9 Å². The molecule has 0 amide bonds. The summed E-state index contributed by atoms with van der Waals surface area (Å²) in [6, 6.07) is 10.1. The van der Waals surface area contributed by atoms with Crippen molar-refractivity contribution in [3.05, 3.63) is 36.0 Å². The number of aromatic nitrogens is 1. The maximum Gasteiger partial charge on any atom is 0.352 e. The summed E-state index contributed by atoms with van der Waals surface area (Å²) >= 11 is 0. The number of fused-ring (bicyclic) bond motifs is 1. The molecule has 0 unspecified atom stereocenters. The van der Waals surface area contributed by atoms with Gasteiger partial charge in [0.2, 0.25) is 0 Å². The van der Waals surface area contributed by atoms with Gasteiger partial charge in [-0.2, -0.15) is 0 Å². The Balaban J connectivity index is 2.81. The monoisotopic (exact) mass is 174 g/mol.